The Bertz CT molecular complexity index is 755. The molecule has 4 nitrogen and oxygen atoms in total. The molecule has 0 N–H and O–H groups in total. The Kier molecular flexibility index (Phi) is 4.72. The summed E-state index contributed by atoms with van der Waals surface area (Å²) in [6.07, 6.45) is 0. The van der Waals surface area contributed by atoms with Gasteiger partial charge in [-0.05, 0) is 51.3 Å². The van der Waals surface area contributed by atoms with E-state index >= 15 is 0 Å². The van der Waals surface area contributed by atoms with Gasteiger partial charge in [0.1, 0.15) is 0 Å². The van der Waals surface area contributed by atoms with Crippen molar-refractivity contribution < 1.29 is 9.53 Å². The first kappa shape index (κ1) is 16.3. The van der Waals surface area contributed by atoms with Gasteiger partial charge < -0.3 is 9.64 Å². The largest absolute Gasteiger partial charge is 0.379 e. The molecule has 0 aliphatic carbocycles. The lowest BCUT2D eigenvalue weighted by Crippen LogP contribution is -2.41. The van der Waals surface area contributed by atoms with E-state index in [1.54, 1.807) is 11.3 Å². The number of ether oxygens (including phenoxy) is 1. The van der Waals surface area contributed by atoms with Crippen molar-refractivity contribution in [3.8, 4) is 10.4 Å². The van der Waals surface area contributed by atoms with Crippen LogP contribution in [-0.2, 0) is 11.3 Å². The van der Waals surface area contributed by atoms with Crippen LogP contribution < -0.4 is 0 Å². The van der Waals surface area contributed by atoms with Gasteiger partial charge >= 0.3 is 0 Å². The van der Waals surface area contributed by atoms with Crippen molar-refractivity contribution in [3.05, 3.63) is 45.2 Å². The number of carbonyl (C=O) groups is 1. The Hall–Kier alpha value is -1.21. The summed E-state index contributed by atoms with van der Waals surface area (Å²) >= 11 is 5.23. The molecule has 0 radical (unpaired) electrons. The van der Waals surface area contributed by atoms with Crippen LogP contribution in [0.2, 0.25) is 0 Å². The van der Waals surface area contributed by atoms with Gasteiger partial charge in [0.25, 0.3) is 5.91 Å². The predicted molar refractivity (Wildman–Crippen MR) is 99.5 cm³/mol. The average molecular weight is 407 g/mol. The molecule has 1 saturated heterocycles. The summed E-state index contributed by atoms with van der Waals surface area (Å²) in [5.74, 6) is 0.164. The van der Waals surface area contributed by atoms with Crippen LogP contribution in [0.25, 0.3) is 10.4 Å². The summed E-state index contributed by atoms with van der Waals surface area (Å²) in [5.41, 5.74) is 3.19. The van der Waals surface area contributed by atoms with Crippen LogP contribution in [0.1, 0.15) is 15.9 Å². The molecular weight excluding hydrogens is 388 g/mol. The maximum absolute atomic E-state index is 12.6. The van der Waals surface area contributed by atoms with Crippen LogP contribution in [0.3, 0.4) is 0 Å². The third kappa shape index (κ3) is 3.28. The van der Waals surface area contributed by atoms with Crippen LogP contribution in [0.4, 0.5) is 0 Å². The number of hydrogen-bond donors (Lipinski definition) is 0. The zero-order chi connectivity index (χ0) is 16.5. The van der Waals surface area contributed by atoms with Crippen LogP contribution in [0.5, 0.6) is 0 Å². The van der Waals surface area contributed by atoms with E-state index in [2.05, 4.69) is 45.1 Å². The normalized spacial score (nSPS) is 18.2. The first-order valence-corrected chi connectivity index (χ1v) is 9.80. The fourth-order valence-electron chi connectivity index (χ4n) is 3.27. The van der Waals surface area contributed by atoms with Gasteiger partial charge in [0.2, 0.25) is 0 Å². The Labute approximate surface area is 154 Å². The maximum Gasteiger partial charge on any atom is 0.254 e. The summed E-state index contributed by atoms with van der Waals surface area (Å²) in [5, 5.41) is 0. The van der Waals surface area contributed by atoms with Crippen LogP contribution in [-0.4, -0.2) is 55.1 Å². The van der Waals surface area contributed by atoms with E-state index in [0.29, 0.717) is 0 Å². The number of halogens is 1. The van der Waals surface area contributed by atoms with Crippen molar-refractivity contribution in [1.82, 2.24) is 9.80 Å². The van der Waals surface area contributed by atoms with Gasteiger partial charge in [0.05, 0.1) is 17.0 Å². The van der Waals surface area contributed by atoms with Crippen LogP contribution >= 0.6 is 27.3 Å². The molecule has 2 aliphatic heterocycles. The number of morpholine rings is 1. The fraction of sp³-hybridized carbons (Fsp3) is 0.389. The number of rotatable bonds is 4. The summed E-state index contributed by atoms with van der Waals surface area (Å²) in [7, 11) is 0. The predicted octanol–water partition coefficient (Wildman–Crippen LogP) is 3.47. The summed E-state index contributed by atoms with van der Waals surface area (Å²) in [4.78, 5) is 18.2. The first-order chi connectivity index (χ1) is 11.7. The van der Waals surface area contributed by atoms with E-state index in [1.165, 1.54) is 10.4 Å². The smallest absolute Gasteiger partial charge is 0.254 e. The molecule has 1 aromatic carbocycles. The standard InChI is InChI=1S/C18H19BrN2O2S/c19-17-4-3-16(24-17)13-1-2-15-14(11-13)12-21(18(15)22)6-5-20-7-9-23-10-8-20/h1-4,11H,5-10,12H2. The van der Waals surface area contributed by atoms with E-state index < -0.39 is 0 Å². The number of carbonyl (C=O) groups excluding carboxylic acids is 1. The Balaban J connectivity index is 1.45. The monoisotopic (exact) mass is 406 g/mol. The van der Waals surface area contributed by atoms with Gasteiger partial charge in [-0.15, -0.1) is 11.3 Å². The lowest BCUT2D eigenvalue weighted by atomic mass is 10.1. The third-order valence-corrected chi connectivity index (χ3v) is 6.30. The van der Waals surface area contributed by atoms with E-state index in [4.69, 9.17) is 4.74 Å². The molecule has 0 atom stereocenters. The van der Waals surface area contributed by atoms with Gasteiger partial charge in [0.15, 0.2) is 0 Å². The molecule has 2 aromatic rings. The van der Waals surface area contributed by atoms with Crippen molar-refractivity contribution in [2.24, 2.45) is 0 Å². The molecule has 0 bridgehead atoms. The number of amides is 1. The minimum Gasteiger partial charge on any atom is -0.379 e. The second kappa shape index (κ2) is 6.96. The second-order valence-corrected chi connectivity index (χ2v) is 8.62. The van der Waals surface area contributed by atoms with Crippen molar-refractivity contribution in [2.75, 3.05) is 39.4 Å². The topological polar surface area (TPSA) is 32.8 Å². The van der Waals surface area contributed by atoms with Gasteiger partial charge in [0, 0.05) is 43.2 Å². The van der Waals surface area contributed by atoms with Gasteiger partial charge in [-0.25, -0.2) is 0 Å². The molecule has 1 aromatic heterocycles. The highest BCUT2D eigenvalue weighted by molar-refractivity contribution is 9.11. The molecule has 3 heterocycles. The van der Waals surface area contributed by atoms with E-state index in [-0.39, 0.29) is 5.91 Å². The molecule has 24 heavy (non-hydrogen) atoms. The molecule has 1 fully saturated rings. The zero-order valence-corrected chi connectivity index (χ0v) is 15.7. The van der Waals surface area contributed by atoms with Gasteiger partial charge in [-0.2, -0.15) is 0 Å². The molecule has 0 unspecified atom stereocenters. The van der Waals surface area contributed by atoms with E-state index in [0.717, 1.165) is 60.9 Å². The number of benzene rings is 1. The number of nitrogens with zero attached hydrogens (tertiary/aromatic N) is 2. The zero-order valence-electron chi connectivity index (χ0n) is 13.3. The SMILES string of the molecule is O=C1c2ccc(-c3ccc(Br)s3)cc2CN1CCN1CCOCC1. The lowest BCUT2D eigenvalue weighted by Gasteiger charge is -2.28. The summed E-state index contributed by atoms with van der Waals surface area (Å²) in [6.45, 7) is 5.96. The van der Waals surface area contributed by atoms with Crippen LogP contribution in [0, 0.1) is 0 Å². The van der Waals surface area contributed by atoms with E-state index in [9.17, 15) is 4.79 Å². The quantitative estimate of drug-likeness (QED) is 0.778. The highest BCUT2D eigenvalue weighted by Crippen LogP contribution is 2.34. The molecule has 0 spiro atoms. The van der Waals surface area contributed by atoms with Crippen LogP contribution in [0.15, 0.2) is 34.1 Å². The number of thiophene rings is 1. The van der Waals surface area contributed by atoms with Crippen molar-refractivity contribution in [2.45, 2.75) is 6.54 Å². The average Bonchev–Trinajstić information content (AvgIpc) is 3.17. The Morgan fingerprint density at radius 3 is 2.71 bits per heavy atom. The summed E-state index contributed by atoms with van der Waals surface area (Å²) in [6, 6.07) is 10.4. The molecule has 1 amide bonds. The van der Waals surface area contributed by atoms with Crippen molar-refractivity contribution in [1.29, 1.82) is 0 Å². The fourth-order valence-corrected chi connectivity index (χ4v) is 4.65. The third-order valence-electron chi connectivity index (χ3n) is 4.63. The second-order valence-electron chi connectivity index (χ2n) is 6.16. The van der Waals surface area contributed by atoms with Gasteiger partial charge in [-0.1, -0.05) is 6.07 Å². The molecule has 2 aliphatic rings. The Morgan fingerprint density at radius 1 is 1.12 bits per heavy atom. The number of fused-ring (bicyclic) bond motifs is 1. The van der Waals surface area contributed by atoms with E-state index in [1.807, 2.05) is 11.0 Å². The van der Waals surface area contributed by atoms with Crippen molar-refractivity contribution in [3.63, 3.8) is 0 Å². The minimum absolute atomic E-state index is 0.164. The molecular formula is C18H19BrN2O2S. The van der Waals surface area contributed by atoms with Crippen molar-refractivity contribution >= 4 is 33.2 Å². The Morgan fingerprint density at radius 2 is 1.96 bits per heavy atom. The summed E-state index contributed by atoms with van der Waals surface area (Å²) < 4.78 is 6.50. The molecule has 126 valence electrons. The minimum atomic E-state index is 0.164. The lowest BCUT2D eigenvalue weighted by molar-refractivity contribution is 0.0327. The molecule has 6 heteroatoms. The molecule has 4 rings (SSSR count). The molecule has 0 saturated carbocycles. The highest BCUT2D eigenvalue weighted by Gasteiger charge is 2.27. The highest BCUT2D eigenvalue weighted by atomic mass is 79.9. The maximum atomic E-state index is 12.6. The first-order valence-electron chi connectivity index (χ1n) is 8.19. The number of hydrogen-bond acceptors (Lipinski definition) is 4. The van der Waals surface area contributed by atoms with Gasteiger partial charge in [-0.3, -0.25) is 9.69 Å².